The maximum absolute atomic E-state index is 13.9. The van der Waals surface area contributed by atoms with E-state index in [2.05, 4.69) is 5.32 Å². The predicted molar refractivity (Wildman–Crippen MR) is 117 cm³/mol. The molecule has 1 fully saturated rings. The number of hydrogen-bond acceptors (Lipinski definition) is 4. The van der Waals surface area contributed by atoms with Gasteiger partial charge in [0.25, 0.3) is 0 Å². The van der Waals surface area contributed by atoms with E-state index in [0.29, 0.717) is 31.1 Å². The SMILES string of the molecule is C[C@H](NC(=O)CN1CCN(S(=O)(=O)c2ccc3c(c2)CCC3)CC1)c1ccc(F)cc1F. The summed E-state index contributed by atoms with van der Waals surface area (Å²) in [6.45, 7) is 3.17. The van der Waals surface area contributed by atoms with Crippen molar-refractivity contribution in [1.82, 2.24) is 14.5 Å². The smallest absolute Gasteiger partial charge is 0.243 e. The van der Waals surface area contributed by atoms with Crippen LogP contribution in [0.2, 0.25) is 0 Å². The molecule has 2 aliphatic rings. The lowest BCUT2D eigenvalue weighted by Crippen LogP contribution is -2.51. The van der Waals surface area contributed by atoms with E-state index < -0.39 is 27.7 Å². The number of carbonyl (C=O) groups is 1. The fourth-order valence-electron chi connectivity index (χ4n) is 4.41. The van der Waals surface area contributed by atoms with Crippen molar-refractivity contribution >= 4 is 15.9 Å². The van der Waals surface area contributed by atoms with Gasteiger partial charge in [-0.2, -0.15) is 4.31 Å². The van der Waals surface area contributed by atoms with E-state index >= 15 is 0 Å². The maximum atomic E-state index is 13.9. The van der Waals surface area contributed by atoms with Crippen LogP contribution in [0.4, 0.5) is 8.78 Å². The molecule has 1 aliphatic heterocycles. The molecule has 4 rings (SSSR count). The maximum Gasteiger partial charge on any atom is 0.243 e. The Labute approximate surface area is 187 Å². The number of piperazine rings is 1. The number of aryl methyl sites for hydroxylation is 2. The van der Waals surface area contributed by atoms with E-state index in [1.807, 2.05) is 11.0 Å². The molecule has 1 atom stereocenters. The number of carbonyl (C=O) groups excluding carboxylic acids is 1. The van der Waals surface area contributed by atoms with Crippen molar-refractivity contribution in [2.45, 2.75) is 37.1 Å². The van der Waals surface area contributed by atoms with E-state index in [1.165, 1.54) is 15.9 Å². The van der Waals surface area contributed by atoms with Gasteiger partial charge in [0.1, 0.15) is 11.6 Å². The zero-order valence-corrected chi connectivity index (χ0v) is 18.8. The second-order valence-electron chi connectivity index (χ2n) is 8.42. The fourth-order valence-corrected chi connectivity index (χ4v) is 5.88. The van der Waals surface area contributed by atoms with Crippen LogP contribution >= 0.6 is 0 Å². The summed E-state index contributed by atoms with van der Waals surface area (Å²) in [6.07, 6.45) is 2.98. The van der Waals surface area contributed by atoms with E-state index in [1.54, 1.807) is 19.1 Å². The van der Waals surface area contributed by atoms with Crippen LogP contribution < -0.4 is 5.32 Å². The molecule has 32 heavy (non-hydrogen) atoms. The van der Waals surface area contributed by atoms with Crippen LogP contribution in [0.1, 0.15) is 36.1 Å². The molecule has 0 unspecified atom stereocenters. The molecule has 1 amide bonds. The molecular weight excluding hydrogens is 436 g/mol. The van der Waals surface area contributed by atoms with E-state index in [-0.39, 0.29) is 18.0 Å². The average molecular weight is 464 g/mol. The van der Waals surface area contributed by atoms with Crippen molar-refractivity contribution in [3.05, 3.63) is 64.7 Å². The first-order chi connectivity index (χ1) is 15.2. The van der Waals surface area contributed by atoms with Gasteiger partial charge in [-0.3, -0.25) is 9.69 Å². The standard InChI is InChI=1S/C23H27F2N3O3S/c1-16(21-8-6-19(24)14-22(21)25)26-23(29)15-27-9-11-28(12-10-27)32(30,31)20-7-5-17-3-2-4-18(17)13-20/h5-8,13-14,16H,2-4,9-12,15H2,1H3,(H,26,29)/t16-/m0/s1. The van der Waals surface area contributed by atoms with Crippen LogP contribution in [0.25, 0.3) is 0 Å². The van der Waals surface area contributed by atoms with Crippen LogP contribution in [0, 0.1) is 11.6 Å². The third kappa shape index (κ3) is 4.84. The Hall–Kier alpha value is -2.36. The lowest BCUT2D eigenvalue weighted by atomic mass is 10.1. The summed E-state index contributed by atoms with van der Waals surface area (Å²) in [5.41, 5.74) is 2.56. The molecule has 0 saturated carbocycles. The molecule has 9 heteroatoms. The Morgan fingerprint density at radius 2 is 1.75 bits per heavy atom. The largest absolute Gasteiger partial charge is 0.348 e. The summed E-state index contributed by atoms with van der Waals surface area (Å²) in [7, 11) is -3.57. The minimum Gasteiger partial charge on any atom is -0.348 e. The van der Waals surface area contributed by atoms with Gasteiger partial charge in [-0.1, -0.05) is 12.1 Å². The number of hydrogen-bond donors (Lipinski definition) is 1. The molecule has 1 N–H and O–H groups in total. The molecule has 1 aliphatic carbocycles. The molecule has 0 spiro atoms. The first kappa shape index (κ1) is 22.8. The zero-order valence-electron chi connectivity index (χ0n) is 18.0. The predicted octanol–water partition coefficient (Wildman–Crippen LogP) is 2.64. The highest BCUT2D eigenvalue weighted by Crippen LogP contribution is 2.26. The first-order valence-electron chi connectivity index (χ1n) is 10.8. The summed E-state index contributed by atoms with van der Waals surface area (Å²) in [4.78, 5) is 14.6. The van der Waals surface area contributed by atoms with Crippen molar-refractivity contribution in [3.8, 4) is 0 Å². The average Bonchev–Trinajstić information content (AvgIpc) is 3.22. The van der Waals surface area contributed by atoms with E-state index in [0.717, 1.165) is 37.0 Å². The Kier molecular flexibility index (Phi) is 6.60. The molecule has 0 radical (unpaired) electrons. The molecule has 172 valence electrons. The summed E-state index contributed by atoms with van der Waals surface area (Å²) < 4.78 is 54.5. The van der Waals surface area contributed by atoms with Crippen molar-refractivity contribution in [2.24, 2.45) is 0 Å². The van der Waals surface area contributed by atoms with Gasteiger partial charge < -0.3 is 5.32 Å². The monoisotopic (exact) mass is 463 g/mol. The van der Waals surface area contributed by atoms with Gasteiger partial charge in [0, 0.05) is 37.8 Å². The van der Waals surface area contributed by atoms with Crippen molar-refractivity contribution < 1.29 is 22.0 Å². The number of nitrogens with one attached hydrogen (secondary N) is 1. The fraction of sp³-hybridized carbons (Fsp3) is 0.435. The van der Waals surface area contributed by atoms with Gasteiger partial charge in [0.05, 0.1) is 17.5 Å². The third-order valence-corrected chi connectivity index (χ3v) is 8.11. The lowest BCUT2D eigenvalue weighted by molar-refractivity contribution is -0.123. The lowest BCUT2D eigenvalue weighted by Gasteiger charge is -2.33. The Bertz CT molecular complexity index is 1120. The highest BCUT2D eigenvalue weighted by atomic mass is 32.2. The van der Waals surface area contributed by atoms with E-state index in [9.17, 15) is 22.0 Å². The van der Waals surface area contributed by atoms with Crippen molar-refractivity contribution in [1.29, 1.82) is 0 Å². The molecular formula is C23H27F2N3O3S. The Morgan fingerprint density at radius 1 is 1.03 bits per heavy atom. The zero-order chi connectivity index (χ0) is 22.9. The number of rotatable bonds is 6. The summed E-state index contributed by atoms with van der Waals surface area (Å²) in [6, 6.07) is 8.06. The van der Waals surface area contributed by atoms with Crippen LogP contribution in [0.3, 0.4) is 0 Å². The summed E-state index contributed by atoms with van der Waals surface area (Å²) in [5.74, 6) is -1.67. The van der Waals surface area contributed by atoms with Crippen LogP contribution in [-0.4, -0.2) is 56.3 Å². The van der Waals surface area contributed by atoms with Gasteiger partial charge in [-0.25, -0.2) is 17.2 Å². The molecule has 0 bridgehead atoms. The number of amides is 1. The first-order valence-corrected chi connectivity index (χ1v) is 12.3. The number of fused-ring (bicyclic) bond motifs is 1. The van der Waals surface area contributed by atoms with Crippen molar-refractivity contribution in [2.75, 3.05) is 32.7 Å². The van der Waals surface area contributed by atoms with Gasteiger partial charge in [-0.05, 0) is 55.5 Å². The second-order valence-corrected chi connectivity index (χ2v) is 10.4. The number of benzene rings is 2. The van der Waals surface area contributed by atoms with Gasteiger partial charge in [-0.15, -0.1) is 0 Å². The van der Waals surface area contributed by atoms with Crippen LogP contribution in [0.15, 0.2) is 41.3 Å². The minimum absolute atomic E-state index is 0.0832. The molecule has 2 aromatic rings. The van der Waals surface area contributed by atoms with Gasteiger partial charge >= 0.3 is 0 Å². The van der Waals surface area contributed by atoms with Gasteiger partial charge in [0.2, 0.25) is 15.9 Å². The highest BCUT2D eigenvalue weighted by molar-refractivity contribution is 7.89. The second kappa shape index (κ2) is 9.25. The topological polar surface area (TPSA) is 69.7 Å². The summed E-state index contributed by atoms with van der Waals surface area (Å²) in [5, 5.41) is 2.72. The molecule has 1 saturated heterocycles. The molecule has 6 nitrogen and oxygen atoms in total. The normalized spacial score (nSPS) is 18.3. The van der Waals surface area contributed by atoms with E-state index in [4.69, 9.17) is 0 Å². The summed E-state index contributed by atoms with van der Waals surface area (Å²) >= 11 is 0. The Balaban J connectivity index is 1.31. The number of sulfonamides is 1. The number of halogens is 2. The van der Waals surface area contributed by atoms with Gasteiger partial charge in [0.15, 0.2) is 0 Å². The third-order valence-electron chi connectivity index (χ3n) is 6.21. The molecule has 1 heterocycles. The van der Waals surface area contributed by atoms with Crippen LogP contribution in [0.5, 0.6) is 0 Å². The van der Waals surface area contributed by atoms with Crippen molar-refractivity contribution in [3.63, 3.8) is 0 Å². The Morgan fingerprint density at radius 3 is 2.47 bits per heavy atom. The van der Waals surface area contributed by atoms with Crippen LogP contribution in [-0.2, 0) is 27.7 Å². The molecule has 2 aromatic carbocycles. The minimum atomic E-state index is -3.57. The highest BCUT2D eigenvalue weighted by Gasteiger charge is 2.30. The molecule has 0 aromatic heterocycles. The number of nitrogens with zero attached hydrogens (tertiary/aromatic N) is 2. The quantitative estimate of drug-likeness (QED) is 0.715.